The summed E-state index contributed by atoms with van der Waals surface area (Å²) in [5.74, 6) is -0.408. The molecule has 0 heterocycles. The molecule has 0 aliphatic rings. The molecule has 68 heavy (non-hydrogen) atoms. The van der Waals surface area contributed by atoms with Crippen LogP contribution < -0.4 is 0 Å². The van der Waals surface area contributed by atoms with E-state index < -0.39 is 6.10 Å². The molecule has 0 spiro atoms. The minimum Gasteiger partial charge on any atom is -0.462 e. The molecule has 5 heteroatoms. The van der Waals surface area contributed by atoms with Gasteiger partial charge in [0.1, 0.15) is 6.61 Å². The lowest BCUT2D eigenvalue weighted by Gasteiger charge is -2.18. The maximum absolute atomic E-state index is 12.9. The fourth-order valence-corrected chi connectivity index (χ4v) is 8.36. The lowest BCUT2D eigenvalue weighted by Crippen LogP contribution is -2.30. The zero-order valence-electron chi connectivity index (χ0n) is 45.4. The molecule has 394 valence electrons. The fourth-order valence-electron chi connectivity index (χ4n) is 8.36. The zero-order chi connectivity index (χ0) is 49.2. The summed E-state index contributed by atoms with van der Waals surface area (Å²) >= 11 is 0. The molecule has 0 rings (SSSR count). The van der Waals surface area contributed by atoms with E-state index in [0.29, 0.717) is 19.4 Å². The SMILES string of the molecule is CC/C=C\C/C=C\C/C=C\CCCCCCCCOCC(COC(=O)CCCCCCCC/C=C\C/C=C\C/C=C\CCCCC)OC(=O)CCCCCCCCCCCCCCCCCCC. The number of unbranched alkanes of at least 4 members (excludes halogenated alkanes) is 31. The fraction of sp³-hybridized carbons (Fsp3) is 0.778. The second-order valence-electron chi connectivity index (χ2n) is 19.5. The normalized spacial score (nSPS) is 12.7. The lowest BCUT2D eigenvalue weighted by atomic mass is 10.0. The molecular weight excluding hydrogens is 837 g/mol. The number of allylic oxidation sites excluding steroid dienone is 12. The summed E-state index contributed by atoms with van der Waals surface area (Å²) in [5, 5.41) is 0. The van der Waals surface area contributed by atoms with Gasteiger partial charge in [-0.05, 0) is 89.9 Å². The predicted octanol–water partition coefficient (Wildman–Crippen LogP) is 20.2. The number of rotatable bonds is 54. The van der Waals surface area contributed by atoms with Crippen LogP contribution in [0.1, 0.15) is 290 Å². The third kappa shape index (κ3) is 55.9. The highest BCUT2D eigenvalue weighted by Crippen LogP contribution is 2.16. The first kappa shape index (κ1) is 65.3. The summed E-state index contributed by atoms with van der Waals surface area (Å²) in [5.41, 5.74) is 0. The average molecular weight is 950 g/mol. The molecule has 0 aliphatic carbocycles. The molecule has 0 saturated heterocycles. The van der Waals surface area contributed by atoms with E-state index >= 15 is 0 Å². The molecule has 1 unspecified atom stereocenters. The molecule has 0 bridgehead atoms. The van der Waals surface area contributed by atoms with E-state index in [1.807, 2.05) is 0 Å². The number of hydrogen-bond acceptors (Lipinski definition) is 5. The third-order valence-electron chi connectivity index (χ3n) is 12.7. The van der Waals surface area contributed by atoms with Crippen LogP contribution in [0.3, 0.4) is 0 Å². The molecule has 0 aromatic heterocycles. The Morgan fingerprint density at radius 3 is 1.09 bits per heavy atom. The molecule has 0 radical (unpaired) electrons. The van der Waals surface area contributed by atoms with Crippen molar-refractivity contribution in [3.63, 3.8) is 0 Å². The molecule has 0 saturated carbocycles. The summed E-state index contributed by atoms with van der Waals surface area (Å²) in [6.45, 7) is 7.69. The second kappa shape index (κ2) is 58.7. The summed E-state index contributed by atoms with van der Waals surface area (Å²) in [4.78, 5) is 25.6. The topological polar surface area (TPSA) is 61.8 Å². The van der Waals surface area contributed by atoms with Crippen molar-refractivity contribution in [1.29, 1.82) is 0 Å². The third-order valence-corrected chi connectivity index (χ3v) is 12.7. The Balaban J connectivity index is 4.30. The Morgan fingerprint density at radius 2 is 0.662 bits per heavy atom. The zero-order valence-corrected chi connectivity index (χ0v) is 45.4. The van der Waals surface area contributed by atoms with Crippen LogP contribution >= 0.6 is 0 Å². The van der Waals surface area contributed by atoms with Gasteiger partial charge in [0.25, 0.3) is 0 Å². The Labute approximate surface area is 423 Å². The van der Waals surface area contributed by atoms with Crippen molar-refractivity contribution in [3.8, 4) is 0 Å². The molecule has 0 aliphatic heterocycles. The summed E-state index contributed by atoms with van der Waals surface area (Å²) in [6, 6.07) is 0. The van der Waals surface area contributed by atoms with Gasteiger partial charge in [-0.1, -0.05) is 261 Å². The van der Waals surface area contributed by atoms with Crippen molar-refractivity contribution in [1.82, 2.24) is 0 Å². The van der Waals surface area contributed by atoms with E-state index in [2.05, 4.69) is 93.7 Å². The average Bonchev–Trinajstić information content (AvgIpc) is 3.34. The highest BCUT2D eigenvalue weighted by molar-refractivity contribution is 5.70. The van der Waals surface area contributed by atoms with Gasteiger partial charge in [-0.15, -0.1) is 0 Å². The largest absolute Gasteiger partial charge is 0.462 e. The minimum atomic E-state index is -0.550. The first-order chi connectivity index (χ1) is 33.6. The Morgan fingerprint density at radius 1 is 0.338 bits per heavy atom. The van der Waals surface area contributed by atoms with Crippen LogP contribution in [0, 0.1) is 0 Å². The second-order valence-corrected chi connectivity index (χ2v) is 19.5. The van der Waals surface area contributed by atoms with Gasteiger partial charge >= 0.3 is 11.9 Å². The van der Waals surface area contributed by atoms with Crippen LogP contribution in [-0.4, -0.2) is 37.9 Å². The molecule has 5 nitrogen and oxygen atoms in total. The quantitative estimate of drug-likeness (QED) is 0.0345. The minimum absolute atomic E-state index is 0.0736. The molecule has 1 atom stereocenters. The summed E-state index contributed by atoms with van der Waals surface area (Å²) in [7, 11) is 0. The van der Waals surface area contributed by atoms with Crippen LogP contribution in [0.25, 0.3) is 0 Å². The Bertz CT molecular complexity index is 1210. The monoisotopic (exact) mass is 949 g/mol. The van der Waals surface area contributed by atoms with Crippen molar-refractivity contribution in [2.45, 2.75) is 297 Å². The van der Waals surface area contributed by atoms with Crippen LogP contribution in [0.5, 0.6) is 0 Å². The summed E-state index contributed by atoms with van der Waals surface area (Å²) in [6.07, 6.45) is 76.3. The highest BCUT2D eigenvalue weighted by Gasteiger charge is 2.17. The summed E-state index contributed by atoms with van der Waals surface area (Å²) < 4.78 is 17.5. The number of hydrogen-bond donors (Lipinski definition) is 0. The van der Waals surface area contributed by atoms with E-state index in [-0.39, 0.29) is 25.2 Å². The van der Waals surface area contributed by atoms with Crippen molar-refractivity contribution < 1.29 is 23.8 Å². The van der Waals surface area contributed by atoms with Gasteiger partial charge in [0.15, 0.2) is 6.10 Å². The molecule has 0 aromatic rings. The van der Waals surface area contributed by atoms with Crippen LogP contribution in [0.4, 0.5) is 0 Å². The van der Waals surface area contributed by atoms with Gasteiger partial charge in [-0.25, -0.2) is 0 Å². The van der Waals surface area contributed by atoms with Gasteiger partial charge < -0.3 is 14.2 Å². The van der Waals surface area contributed by atoms with Gasteiger partial charge in [-0.2, -0.15) is 0 Å². The van der Waals surface area contributed by atoms with Crippen molar-refractivity contribution in [3.05, 3.63) is 72.9 Å². The van der Waals surface area contributed by atoms with Gasteiger partial charge in [0.05, 0.1) is 6.61 Å². The van der Waals surface area contributed by atoms with Crippen molar-refractivity contribution in [2.24, 2.45) is 0 Å². The van der Waals surface area contributed by atoms with Crippen molar-refractivity contribution >= 4 is 11.9 Å². The number of carbonyl (C=O) groups excluding carboxylic acids is 2. The Kier molecular flexibility index (Phi) is 56.4. The van der Waals surface area contributed by atoms with Crippen LogP contribution in [0.2, 0.25) is 0 Å². The molecule has 0 N–H and O–H groups in total. The van der Waals surface area contributed by atoms with E-state index in [1.165, 1.54) is 167 Å². The van der Waals surface area contributed by atoms with E-state index in [1.54, 1.807) is 0 Å². The number of carbonyl (C=O) groups is 2. The van der Waals surface area contributed by atoms with E-state index in [0.717, 1.165) is 89.9 Å². The van der Waals surface area contributed by atoms with Crippen LogP contribution in [-0.2, 0) is 23.8 Å². The molecule has 0 aromatic carbocycles. The standard InChI is InChI=1S/C63H112O5/c1-4-7-10-13-16-19-22-25-28-31-32-34-35-38-41-44-47-50-53-56-62(64)67-60-61(59-66-58-55-52-49-46-43-40-37-30-27-24-21-18-15-12-9-6-3)68-63(65)57-54-51-48-45-42-39-36-33-29-26-23-20-17-14-11-8-5-2/h9,12,16,18-19,21,25,27-28,30,32,34,61H,4-8,10-11,13-15,17,20,22-24,26,29,31,33,35-60H2,1-3H3/b12-9-,19-16-,21-18-,28-25-,30-27-,34-32-. The number of esters is 2. The van der Waals surface area contributed by atoms with E-state index in [9.17, 15) is 9.59 Å². The van der Waals surface area contributed by atoms with Gasteiger partial charge in [0.2, 0.25) is 0 Å². The highest BCUT2D eigenvalue weighted by atomic mass is 16.6. The molecular formula is C63H112O5. The molecule has 0 fully saturated rings. The first-order valence-corrected chi connectivity index (χ1v) is 29.5. The van der Waals surface area contributed by atoms with Crippen LogP contribution in [0.15, 0.2) is 72.9 Å². The van der Waals surface area contributed by atoms with E-state index in [4.69, 9.17) is 14.2 Å². The lowest BCUT2D eigenvalue weighted by molar-refractivity contribution is -0.163. The Hall–Kier alpha value is -2.66. The maximum Gasteiger partial charge on any atom is 0.306 e. The number of ether oxygens (including phenoxy) is 3. The van der Waals surface area contributed by atoms with Gasteiger partial charge in [0, 0.05) is 19.4 Å². The maximum atomic E-state index is 12.9. The van der Waals surface area contributed by atoms with Gasteiger partial charge in [-0.3, -0.25) is 9.59 Å². The van der Waals surface area contributed by atoms with Crippen molar-refractivity contribution in [2.75, 3.05) is 19.8 Å². The smallest absolute Gasteiger partial charge is 0.306 e. The predicted molar refractivity (Wildman–Crippen MR) is 297 cm³/mol. The molecule has 0 amide bonds. The first-order valence-electron chi connectivity index (χ1n) is 29.5.